The fraction of sp³-hybridized carbons (Fsp3) is 0.304. The zero-order valence-electron chi connectivity index (χ0n) is 19.2. The van der Waals surface area contributed by atoms with E-state index in [-0.39, 0.29) is 29.6 Å². The van der Waals surface area contributed by atoms with Gasteiger partial charge in [-0.25, -0.2) is 0 Å². The molecule has 33 heavy (non-hydrogen) atoms. The highest BCUT2D eigenvalue weighted by molar-refractivity contribution is 9.10. The molecule has 0 aliphatic carbocycles. The number of anilines is 2. The first-order valence-corrected chi connectivity index (χ1v) is 10.8. The second-order valence-electron chi connectivity index (χ2n) is 8.60. The molecular weight excluding hydrogens is 490 g/mol. The molecule has 0 spiro atoms. The monoisotopic (exact) mass is 516 g/mol. The van der Waals surface area contributed by atoms with E-state index in [0.29, 0.717) is 37.5 Å². The minimum Gasteiger partial charge on any atom is -0.493 e. The maximum Gasteiger partial charge on any atom is 0.279 e. The van der Waals surface area contributed by atoms with Crippen molar-refractivity contribution >= 4 is 33.2 Å². The van der Waals surface area contributed by atoms with Gasteiger partial charge in [-0.2, -0.15) is 5.26 Å². The highest BCUT2D eigenvalue weighted by atomic mass is 79.9. The van der Waals surface area contributed by atoms with Gasteiger partial charge in [-0.05, 0) is 39.7 Å². The summed E-state index contributed by atoms with van der Waals surface area (Å²) in [5, 5.41) is 12.7. The van der Waals surface area contributed by atoms with Crippen molar-refractivity contribution in [3.05, 3.63) is 51.3 Å². The lowest BCUT2D eigenvalue weighted by molar-refractivity contribution is -0.861. The SMILES string of the molecule is COc1cc(C2C(C#N)=C(N)Oc3c2ccc(NC(=O)C[N+](C)(C)C)c3N)cc(Br)c1OC. The normalized spacial score (nSPS) is 15.2. The van der Waals surface area contributed by atoms with Crippen molar-refractivity contribution in [2.24, 2.45) is 5.73 Å². The van der Waals surface area contributed by atoms with Crippen LogP contribution < -0.4 is 31.0 Å². The van der Waals surface area contributed by atoms with Gasteiger partial charge in [0.2, 0.25) is 5.88 Å². The van der Waals surface area contributed by atoms with Crippen LogP contribution >= 0.6 is 15.9 Å². The van der Waals surface area contributed by atoms with Gasteiger partial charge < -0.3 is 35.5 Å². The summed E-state index contributed by atoms with van der Waals surface area (Å²) in [6, 6.07) is 9.23. The number of nitrogens with one attached hydrogen (secondary N) is 1. The lowest BCUT2D eigenvalue weighted by Gasteiger charge is -2.29. The summed E-state index contributed by atoms with van der Waals surface area (Å²) < 4.78 is 17.7. The van der Waals surface area contributed by atoms with Gasteiger partial charge in [0.25, 0.3) is 5.91 Å². The third kappa shape index (κ3) is 4.84. The number of allylic oxidation sites excluding steroid dienone is 1. The lowest BCUT2D eigenvalue weighted by atomic mass is 9.83. The summed E-state index contributed by atoms with van der Waals surface area (Å²) >= 11 is 3.50. The van der Waals surface area contributed by atoms with Crippen molar-refractivity contribution in [2.75, 3.05) is 53.0 Å². The third-order valence-electron chi connectivity index (χ3n) is 5.11. The number of carbonyl (C=O) groups excluding carboxylic acids is 1. The van der Waals surface area contributed by atoms with E-state index >= 15 is 0 Å². The number of halogens is 1. The Labute approximate surface area is 201 Å². The Hall–Kier alpha value is -3.42. The van der Waals surface area contributed by atoms with Crippen LogP contribution in [0.5, 0.6) is 17.2 Å². The molecule has 0 radical (unpaired) electrons. The number of quaternary nitrogens is 1. The summed E-state index contributed by atoms with van der Waals surface area (Å²) in [6.45, 7) is 0.264. The number of hydrogen-bond acceptors (Lipinski definition) is 7. The van der Waals surface area contributed by atoms with Crippen molar-refractivity contribution < 1.29 is 23.5 Å². The summed E-state index contributed by atoms with van der Waals surface area (Å²) in [5.41, 5.74) is 14.7. The number of methoxy groups -OCH3 is 2. The molecule has 1 aliphatic rings. The van der Waals surface area contributed by atoms with Gasteiger partial charge in [0.05, 0.1) is 57.1 Å². The Morgan fingerprint density at radius 2 is 1.94 bits per heavy atom. The average Bonchev–Trinajstić information content (AvgIpc) is 2.73. The van der Waals surface area contributed by atoms with Crippen LogP contribution in [-0.4, -0.2) is 52.3 Å². The Morgan fingerprint density at radius 3 is 2.52 bits per heavy atom. The number of nitrogens with zero attached hydrogens (tertiary/aromatic N) is 2. The zero-order chi connectivity index (χ0) is 24.5. The Bertz CT molecular complexity index is 1180. The first kappa shape index (κ1) is 24.2. The van der Waals surface area contributed by atoms with E-state index in [0.717, 1.165) is 5.56 Å². The molecule has 10 heteroatoms. The Morgan fingerprint density at radius 1 is 1.24 bits per heavy atom. The lowest BCUT2D eigenvalue weighted by Crippen LogP contribution is -2.41. The van der Waals surface area contributed by atoms with Crippen LogP contribution in [0.1, 0.15) is 17.0 Å². The van der Waals surface area contributed by atoms with E-state index in [4.69, 9.17) is 25.7 Å². The molecule has 0 saturated heterocycles. The minimum atomic E-state index is -0.562. The van der Waals surface area contributed by atoms with Crippen molar-refractivity contribution in [1.29, 1.82) is 5.26 Å². The number of hydrogen-bond donors (Lipinski definition) is 3. The number of likely N-dealkylation sites (N-methyl/N-ethyl adjacent to an activating group) is 1. The van der Waals surface area contributed by atoms with Gasteiger partial charge in [0, 0.05) is 5.56 Å². The van der Waals surface area contributed by atoms with E-state index in [1.54, 1.807) is 25.3 Å². The highest BCUT2D eigenvalue weighted by Gasteiger charge is 2.34. The summed E-state index contributed by atoms with van der Waals surface area (Å²) in [4.78, 5) is 12.4. The van der Waals surface area contributed by atoms with Crippen LogP contribution in [0.2, 0.25) is 0 Å². The number of nitrogens with two attached hydrogens (primary N) is 2. The first-order chi connectivity index (χ1) is 15.5. The molecular formula is C23H27BrN5O4+. The molecule has 0 saturated carbocycles. The standard InChI is InChI=1S/C23H26BrN5O4/c1-29(2,3)11-18(30)28-16-7-6-13-19(14(10-25)23(27)33-21(13)20(16)26)12-8-15(24)22(32-5)17(9-12)31-4/h6-9,19H,11,26-27H2,1-5H3/p+1. The molecule has 9 nitrogen and oxygen atoms in total. The molecule has 5 N–H and O–H groups in total. The summed E-state index contributed by atoms with van der Waals surface area (Å²) in [7, 11) is 8.82. The van der Waals surface area contributed by atoms with Crippen LogP contribution in [0.4, 0.5) is 11.4 Å². The largest absolute Gasteiger partial charge is 0.493 e. The molecule has 3 rings (SSSR count). The van der Waals surface area contributed by atoms with Crippen molar-refractivity contribution in [3.8, 4) is 23.3 Å². The van der Waals surface area contributed by atoms with Crippen LogP contribution in [0.15, 0.2) is 40.2 Å². The maximum absolute atomic E-state index is 12.4. The number of rotatable bonds is 6. The molecule has 1 atom stereocenters. The van der Waals surface area contributed by atoms with E-state index in [1.807, 2.05) is 27.2 Å². The predicted octanol–water partition coefficient (Wildman–Crippen LogP) is 2.91. The Kier molecular flexibility index (Phi) is 6.76. The molecule has 174 valence electrons. The number of fused-ring (bicyclic) bond motifs is 1. The molecule has 1 amide bonds. The number of ether oxygens (including phenoxy) is 3. The topological polar surface area (TPSA) is 133 Å². The van der Waals surface area contributed by atoms with Crippen molar-refractivity contribution in [1.82, 2.24) is 0 Å². The molecule has 1 heterocycles. The van der Waals surface area contributed by atoms with Gasteiger partial charge in [-0.1, -0.05) is 6.07 Å². The number of carbonyl (C=O) groups is 1. The average molecular weight is 517 g/mol. The van der Waals surface area contributed by atoms with Crippen molar-refractivity contribution in [3.63, 3.8) is 0 Å². The van der Waals surface area contributed by atoms with Gasteiger partial charge >= 0.3 is 0 Å². The van der Waals surface area contributed by atoms with E-state index in [1.165, 1.54) is 7.11 Å². The molecule has 2 aromatic carbocycles. The first-order valence-electron chi connectivity index (χ1n) is 10.0. The van der Waals surface area contributed by atoms with Crippen LogP contribution in [0.3, 0.4) is 0 Å². The van der Waals surface area contributed by atoms with Gasteiger partial charge in [0.15, 0.2) is 23.8 Å². The molecule has 2 aromatic rings. The smallest absolute Gasteiger partial charge is 0.279 e. The van der Waals surface area contributed by atoms with Crippen LogP contribution in [-0.2, 0) is 4.79 Å². The van der Waals surface area contributed by atoms with E-state index < -0.39 is 5.92 Å². The second kappa shape index (κ2) is 9.21. The van der Waals surface area contributed by atoms with Crippen LogP contribution in [0.25, 0.3) is 0 Å². The van der Waals surface area contributed by atoms with Gasteiger partial charge in [0.1, 0.15) is 11.6 Å². The maximum atomic E-state index is 12.4. The zero-order valence-corrected chi connectivity index (χ0v) is 20.7. The third-order valence-corrected chi connectivity index (χ3v) is 5.69. The Balaban J connectivity index is 2.12. The fourth-order valence-corrected chi connectivity index (χ4v) is 4.34. The number of benzene rings is 2. The van der Waals surface area contributed by atoms with Crippen molar-refractivity contribution in [2.45, 2.75) is 5.92 Å². The number of nitriles is 1. The summed E-state index contributed by atoms with van der Waals surface area (Å²) in [6.07, 6.45) is 0. The minimum absolute atomic E-state index is 0.0533. The van der Waals surface area contributed by atoms with E-state index in [9.17, 15) is 10.1 Å². The molecule has 0 bridgehead atoms. The highest BCUT2D eigenvalue weighted by Crippen LogP contribution is 2.49. The van der Waals surface area contributed by atoms with Gasteiger partial charge in [-0.15, -0.1) is 0 Å². The number of nitrogen functional groups attached to an aromatic ring is 1. The molecule has 1 aliphatic heterocycles. The fourth-order valence-electron chi connectivity index (χ4n) is 3.72. The molecule has 0 fully saturated rings. The van der Waals surface area contributed by atoms with Crippen LogP contribution in [0, 0.1) is 11.3 Å². The predicted molar refractivity (Wildman–Crippen MR) is 129 cm³/mol. The van der Waals surface area contributed by atoms with Gasteiger partial charge in [-0.3, -0.25) is 4.79 Å². The summed E-state index contributed by atoms with van der Waals surface area (Å²) in [5.74, 6) is 0.509. The molecule has 1 unspecified atom stereocenters. The quantitative estimate of drug-likeness (QED) is 0.397. The second-order valence-corrected chi connectivity index (χ2v) is 9.46. The molecule has 0 aromatic heterocycles. The van der Waals surface area contributed by atoms with E-state index in [2.05, 4.69) is 27.3 Å². The number of amides is 1.